The van der Waals surface area contributed by atoms with Gasteiger partial charge >= 0.3 is 0 Å². The molecule has 0 saturated carbocycles. The van der Waals surface area contributed by atoms with Gasteiger partial charge in [0.2, 0.25) is 5.95 Å². The molecule has 0 aliphatic heterocycles. The van der Waals surface area contributed by atoms with Gasteiger partial charge in [0, 0.05) is 4.88 Å². The fraction of sp³-hybridized carbons (Fsp3) is 0.625. The molecule has 0 unspecified atom stereocenters. The van der Waals surface area contributed by atoms with Gasteiger partial charge in [-0.15, -0.1) is 11.3 Å². The molecule has 0 aliphatic rings. The second-order valence-electron chi connectivity index (χ2n) is 6.67. The summed E-state index contributed by atoms with van der Waals surface area (Å²) in [5.41, 5.74) is 6.78. The summed E-state index contributed by atoms with van der Waals surface area (Å²) in [4.78, 5) is 9.94. The fourth-order valence-electron chi connectivity index (χ4n) is 2.27. The standard InChI is InChI=1S/C16H26N4OS/c1-5-6-7-10(9-21)18-14-13-11(19-15(17)20-14)8-12(22-13)16(2,3)4/h8,10,21H,5-7,9H2,1-4H3,(H3,17,18,19,20)/t10-/m0/s1. The van der Waals surface area contributed by atoms with E-state index >= 15 is 0 Å². The minimum absolute atomic E-state index is 0.00219. The van der Waals surface area contributed by atoms with E-state index in [-0.39, 0.29) is 24.0 Å². The summed E-state index contributed by atoms with van der Waals surface area (Å²) in [6, 6.07) is 2.08. The van der Waals surface area contributed by atoms with Crippen LogP contribution in [-0.2, 0) is 5.41 Å². The van der Waals surface area contributed by atoms with Crippen molar-refractivity contribution in [1.29, 1.82) is 0 Å². The van der Waals surface area contributed by atoms with E-state index in [4.69, 9.17) is 5.73 Å². The first kappa shape index (κ1) is 17.0. The number of aromatic nitrogens is 2. The molecule has 2 aromatic heterocycles. The first-order chi connectivity index (χ1) is 10.3. The van der Waals surface area contributed by atoms with Gasteiger partial charge in [0.1, 0.15) is 5.82 Å². The number of rotatable bonds is 6. The molecule has 6 heteroatoms. The number of hydrogen-bond acceptors (Lipinski definition) is 6. The van der Waals surface area contributed by atoms with Crippen molar-refractivity contribution >= 4 is 33.3 Å². The molecule has 4 N–H and O–H groups in total. The Morgan fingerprint density at radius 1 is 1.36 bits per heavy atom. The molecule has 2 aromatic rings. The van der Waals surface area contributed by atoms with Gasteiger partial charge in [-0.1, -0.05) is 40.5 Å². The van der Waals surface area contributed by atoms with Crippen molar-refractivity contribution in [2.24, 2.45) is 0 Å². The monoisotopic (exact) mass is 322 g/mol. The Hall–Kier alpha value is -1.40. The zero-order chi connectivity index (χ0) is 16.3. The maximum Gasteiger partial charge on any atom is 0.222 e. The number of nitrogens with two attached hydrogens (primary N) is 1. The minimum Gasteiger partial charge on any atom is -0.394 e. The molecular weight excluding hydrogens is 296 g/mol. The number of nitrogens with zero attached hydrogens (tertiary/aromatic N) is 2. The van der Waals surface area contributed by atoms with Crippen molar-refractivity contribution in [2.75, 3.05) is 17.7 Å². The van der Waals surface area contributed by atoms with Gasteiger partial charge in [0.05, 0.1) is 22.9 Å². The number of unbranched alkanes of at least 4 members (excludes halogenated alkanes) is 1. The Labute approximate surface area is 136 Å². The van der Waals surface area contributed by atoms with Crippen molar-refractivity contribution < 1.29 is 5.11 Å². The maximum atomic E-state index is 9.56. The number of nitrogens with one attached hydrogen (secondary N) is 1. The van der Waals surface area contributed by atoms with E-state index in [1.165, 1.54) is 4.88 Å². The summed E-state index contributed by atoms with van der Waals surface area (Å²) >= 11 is 1.69. The molecule has 0 spiro atoms. The number of aliphatic hydroxyl groups excluding tert-OH is 1. The highest BCUT2D eigenvalue weighted by Gasteiger charge is 2.20. The van der Waals surface area contributed by atoms with E-state index < -0.39 is 0 Å². The van der Waals surface area contributed by atoms with Crippen LogP contribution in [0.25, 0.3) is 10.2 Å². The fourth-order valence-corrected chi connectivity index (χ4v) is 3.38. The van der Waals surface area contributed by atoms with Crippen LogP contribution in [0.5, 0.6) is 0 Å². The van der Waals surface area contributed by atoms with Gasteiger partial charge < -0.3 is 16.2 Å². The van der Waals surface area contributed by atoms with Gasteiger partial charge in [-0.2, -0.15) is 4.98 Å². The zero-order valence-electron chi connectivity index (χ0n) is 13.8. The summed E-state index contributed by atoms with van der Waals surface area (Å²) in [5.74, 6) is 0.999. The highest BCUT2D eigenvalue weighted by molar-refractivity contribution is 7.19. The third-order valence-electron chi connectivity index (χ3n) is 3.60. The maximum absolute atomic E-state index is 9.56. The van der Waals surface area contributed by atoms with Crippen molar-refractivity contribution in [2.45, 2.75) is 58.4 Å². The molecule has 2 rings (SSSR count). The Morgan fingerprint density at radius 2 is 2.09 bits per heavy atom. The molecule has 2 heterocycles. The Morgan fingerprint density at radius 3 is 2.68 bits per heavy atom. The molecule has 0 bridgehead atoms. The van der Waals surface area contributed by atoms with Crippen LogP contribution in [0, 0.1) is 0 Å². The summed E-state index contributed by atoms with van der Waals surface area (Å²) in [6.07, 6.45) is 3.09. The van der Waals surface area contributed by atoms with Crippen molar-refractivity contribution in [3.8, 4) is 0 Å². The van der Waals surface area contributed by atoms with Crippen LogP contribution in [0.15, 0.2) is 6.07 Å². The molecule has 0 saturated heterocycles. The Balaban J connectivity index is 2.37. The molecule has 0 radical (unpaired) electrons. The normalized spacial score (nSPS) is 13.5. The Kier molecular flexibility index (Phi) is 5.24. The smallest absolute Gasteiger partial charge is 0.222 e. The molecule has 0 aliphatic carbocycles. The Bertz CT molecular complexity index is 633. The van der Waals surface area contributed by atoms with Gasteiger partial charge in [-0.3, -0.25) is 0 Å². The summed E-state index contributed by atoms with van der Waals surface area (Å²) < 4.78 is 1.01. The third kappa shape index (κ3) is 3.87. The van der Waals surface area contributed by atoms with E-state index in [0.717, 1.165) is 35.3 Å². The van der Waals surface area contributed by atoms with Gasteiger partial charge in [0.25, 0.3) is 0 Å². The van der Waals surface area contributed by atoms with Crippen LogP contribution >= 0.6 is 11.3 Å². The second kappa shape index (κ2) is 6.79. The SMILES string of the molecule is CCCC[C@@H](CO)Nc1nc(N)nc2cc(C(C)(C)C)sc12. The predicted molar refractivity (Wildman–Crippen MR) is 94.5 cm³/mol. The number of thiophene rings is 1. The number of fused-ring (bicyclic) bond motifs is 1. The number of aliphatic hydroxyl groups is 1. The van der Waals surface area contributed by atoms with Crippen molar-refractivity contribution in [3.05, 3.63) is 10.9 Å². The van der Waals surface area contributed by atoms with Crippen LogP contribution in [-0.4, -0.2) is 27.7 Å². The number of nitrogen functional groups attached to an aromatic ring is 1. The zero-order valence-corrected chi connectivity index (χ0v) is 14.6. The average Bonchev–Trinajstić information content (AvgIpc) is 2.87. The van der Waals surface area contributed by atoms with Gasteiger partial charge in [-0.05, 0) is 17.9 Å². The first-order valence-electron chi connectivity index (χ1n) is 7.80. The average molecular weight is 322 g/mol. The lowest BCUT2D eigenvalue weighted by molar-refractivity contribution is 0.267. The first-order valence-corrected chi connectivity index (χ1v) is 8.61. The predicted octanol–water partition coefficient (Wildman–Crippen LogP) is 3.53. The molecule has 122 valence electrons. The molecule has 0 fully saturated rings. The largest absolute Gasteiger partial charge is 0.394 e. The molecule has 0 amide bonds. The van der Waals surface area contributed by atoms with E-state index in [1.807, 2.05) is 0 Å². The van der Waals surface area contributed by atoms with Crippen molar-refractivity contribution in [3.63, 3.8) is 0 Å². The van der Waals surface area contributed by atoms with E-state index in [1.54, 1.807) is 11.3 Å². The van der Waals surface area contributed by atoms with Crippen LogP contribution in [0.3, 0.4) is 0 Å². The molecule has 1 atom stereocenters. The van der Waals surface area contributed by atoms with Crippen LogP contribution < -0.4 is 11.1 Å². The van der Waals surface area contributed by atoms with Crippen LogP contribution in [0.4, 0.5) is 11.8 Å². The number of anilines is 2. The summed E-state index contributed by atoms with van der Waals surface area (Å²) in [7, 11) is 0. The summed E-state index contributed by atoms with van der Waals surface area (Å²) in [6.45, 7) is 8.77. The van der Waals surface area contributed by atoms with Gasteiger partial charge in [0.15, 0.2) is 0 Å². The third-order valence-corrected chi connectivity index (χ3v) is 5.15. The lowest BCUT2D eigenvalue weighted by atomic mass is 9.95. The van der Waals surface area contributed by atoms with E-state index in [2.05, 4.69) is 49.0 Å². The molecule has 22 heavy (non-hydrogen) atoms. The van der Waals surface area contributed by atoms with Gasteiger partial charge in [-0.25, -0.2) is 4.98 Å². The molecule has 0 aromatic carbocycles. The minimum atomic E-state index is -0.00219. The van der Waals surface area contributed by atoms with Crippen LogP contribution in [0.1, 0.15) is 51.8 Å². The van der Waals surface area contributed by atoms with Crippen LogP contribution in [0.2, 0.25) is 0 Å². The second-order valence-corrected chi connectivity index (χ2v) is 7.72. The lowest BCUT2D eigenvalue weighted by Gasteiger charge is -2.17. The summed E-state index contributed by atoms with van der Waals surface area (Å²) in [5, 5.41) is 12.9. The van der Waals surface area contributed by atoms with E-state index in [9.17, 15) is 5.11 Å². The molecule has 5 nitrogen and oxygen atoms in total. The lowest BCUT2D eigenvalue weighted by Crippen LogP contribution is -2.24. The highest BCUT2D eigenvalue weighted by Crippen LogP contribution is 2.37. The van der Waals surface area contributed by atoms with E-state index in [0.29, 0.717) is 0 Å². The number of hydrogen-bond donors (Lipinski definition) is 3. The quantitative estimate of drug-likeness (QED) is 0.757. The van der Waals surface area contributed by atoms with Crippen molar-refractivity contribution in [1.82, 2.24) is 9.97 Å². The highest BCUT2D eigenvalue weighted by atomic mass is 32.1. The molecular formula is C16H26N4OS. The topological polar surface area (TPSA) is 84.1 Å².